The van der Waals surface area contributed by atoms with Gasteiger partial charge in [0, 0.05) is 31.3 Å². The number of hydrogen-bond donors (Lipinski definition) is 0. The lowest BCUT2D eigenvalue weighted by atomic mass is 10.1. The molecule has 5 nitrogen and oxygen atoms in total. The minimum absolute atomic E-state index is 0.0358. The predicted molar refractivity (Wildman–Crippen MR) is 105 cm³/mol. The summed E-state index contributed by atoms with van der Waals surface area (Å²) in [5.41, 5.74) is 2.74. The summed E-state index contributed by atoms with van der Waals surface area (Å²) in [6.45, 7) is 1.19. The maximum Gasteiger partial charge on any atom is 0.247 e. The van der Waals surface area contributed by atoms with E-state index >= 15 is 0 Å². The Morgan fingerprint density at radius 3 is 2.52 bits per heavy atom. The highest BCUT2D eigenvalue weighted by Crippen LogP contribution is 2.22. The van der Waals surface area contributed by atoms with Crippen molar-refractivity contribution in [1.29, 1.82) is 5.26 Å². The quantitative estimate of drug-likeness (QED) is 0.587. The van der Waals surface area contributed by atoms with Gasteiger partial charge < -0.3 is 9.80 Å². The first-order valence-electron chi connectivity index (χ1n) is 8.95. The molecule has 1 aliphatic rings. The van der Waals surface area contributed by atoms with Crippen LogP contribution >= 0.6 is 0 Å². The van der Waals surface area contributed by atoms with Gasteiger partial charge in [0.05, 0.1) is 6.07 Å². The zero-order valence-electron chi connectivity index (χ0n) is 15.0. The second-order valence-electron chi connectivity index (χ2n) is 6.41. The summed E-state index contributed by atoms with van der Waals surface area (Å²) < 4.78 is 0. The molecule has 27 heavy (non-hydrogen) atoms. The van der Waals surface area contributed by atoms with Gasteiger partial charge in [-0.25, -0.2) is 0 Å². The average Bonchev–Trinajstić information content (AvgIpc) is 3.13. The third-order valence-corrected chi connectivity index (χ3v) is 4.49. The SMILES string of the molecule is N#CCN(Cc1ccccc1)C(=O)/C=C/c1ccc(N2CCCC2=O)cc1. The van der Waals surface area contributed by atoms with Gasteiger partial charge in [0.15, 0.2) is 0 Å². The van der Waals surface area contributed by atoms with Crippen LogP contribution in [-0.4, -0.2) is 29.8 Å². The number of nitriles is 1. The normalized spacial score (nSPS) is 13.7. The average molecular weight is 359 g/mol. The highest BCUT2D eigenvalue weighted by Gasteiger charge is 2.21. The topological polar surface area (TPSA) is 64.4 Å². The van der Waals surface area contributed by atoms with Gasteiger partial charge in [-0.05, 0) is 35.8 Å². The maximum atomic E-state index is 12.5. The van der Waals surface area contributed by atoms with E-state index in [1.165, 1.54) is 11.0 Å². The number of hydrogen-bond acceptors (Lipinski definition) is 3. The molecule has 2 amide bonds. The maximum absolute atomic E-state index is 12.5. The summed E-state index contributed by atoms with van der Waals surface area (Å²) in [5, 5.41) is 9.00. The first kappa shape index (κ1) is 18.4. The molecule has 0 unspecified atom stereocenters. The molecule has 1 fully saturated rings. The van der Waals surface area contributed by atoms with Crippen molar-refractivity contribution in [1.82, 2.24) is 4.90 Å². The van der Waals surface area contributed by atoms with E-state index in [1.807, 2.05) is 60.7 Å². The summed E-state index contributed by atoms with van der Waals surface area (Å²) in [7, 11) is 0. The highest BCUT2D eigenvalue weighted by molar-refractivity contribution is 5.95. The monoisotopic (exact) mass is 359 g/mol. The van der Waals surface area contributed by atoms with Crippen LogP contribution in [0.4, 0.5) is 5.69 Å². The Bertz CT molecular complexity index is 867. The van der Waals surface area contributed by atoms with Crippen LogP contribution in [0, 0.1) is 11.3 Å². The third kappa shape index (κ3) is 4.83. The van der Waals surface area contributed by atoms with Crippen LogP contribution in [0.25, 0.3) is 6.08 Å². The molecule has 0 bridgehead atoms. The van der Waals surface area contributed by atoms with Gasteiger partial charge in [0.25, 0.3) is 0 Å². The van der Waals surface area contributed by atoms with E-state index < -0.39 is 0 Å². The molecule has 2 aromatic carbocycles. The summed E-state index contributed by atoms with van der Waals surface area (Å²) in [4.78, 5) is 27.5. The fraction of sp³-hybridized carbons (Fsp3) is 0.227. The standard InChI is InChI=1S/C22H21N3O2/c23-14-16-24(17-19-5-2-1-3-6-19)21(26)13-10-18-8-11-20(12-9-18)25-15-4-7-22(25)27/h1-3,5-6,8-13H,4,7,15-17H2/b13-10+. The number of nitrogens with zero attached hydrogens (tertiary/aromatic N) is 3. The molecule has 1 aliphatic heterocycles. The number of amides is 2. The summed E-state index contributed by atoms with van der Waals surface area (Å²) in [6, 6.07) is 19.2. The lowest BCUT2D eigenvalue weighted by Crippen LogP contribution is -2.29. The van der Waals surface area contributed by atoms with E-state index in [0.29, 0.717) is 13.0 Å². The van der Waals surface area contributed by atoms with Crippen molar-refractivity contribution in [3.05, 3.63) is 71.8 Å². The van der Waals surface area contributed by atoms with E-state index in [-0.39, 0.29) is 18.4 Å². The van der Waals surface area contributed by atoms with Crippen molar-refractivity contribution in [2.75, 3.05) is 18.0 Å². The molecule has 0 atom stereocenters. The first-order chi connectivity index (χ1) is 13.2. The molecule has 1 heterocycles. The van der Waals surface area contributed by atoms with E-state index in [4.69, 9.17) is 5.26 Å². The van der Waals surface area contributed by atoms with Crippen LogP contribution < -0.4 is 4.90 Å². The molecule has 0 N–H and O–H groups in total. The number of benzene rings is 2. The third-order valence-electron chi connectivity index (χ3n) is 4.49. The summed E-state index contributed by atoms with van der Waals surface area (Å²) >= 11 is 0. The van der Waals surface area contributed by atoms with Crippen LogP contribution in [0.2, 0.25) is 0 Å². The molecule has 136 valence electrons. The van der Waals surface area contributed by atoms with E-state index in [0.717, 1.165) is 29.8 Å². The molecule has 1 saturated heterocycles. The Morgan fingerprint density at radius 2 is 1.89 bits per heavy atom. The Labute approximate surface area is 159 Å². The van der Waals surface area contributed by atoms with Gasteiger partial charge in [0.1, 0.15) is 6.54 Å². The van der Waals surface area contributed by atoms with Gasteiger partial charge >= 0.3 is 0 Å². The van der Waals surface area contributed by atoms with Gasteiger partial charge in [0.2, 0.25) is 11.8 Å². The molecule has 0 saturated carbocycles. The largest absolute Gasteiger partial charge is 0.322 e. The molecule has 0 spiro atoms. The number of rotatable bonds is 6. The fourth-order valence-corrected chi connectivity index (χ4v) is 3.06. The Morgan fingerprint density at radius 1 is 1.15 bits per heavy atom. The van der Waals surface area contributed by atoms with Crippen molar-refractivity contribution < 1.29 is 9.59 Å². The molecule has 2 aromatic rings. The lowest BCUT2D eigenvalue weighted by Gasteiger charge is -2.18. The van der Waals surface area contributed by atoms with Crippen LogP contribution in [0.1, 0.15) is 24.0 Å². The second kappa shape index (κ2) is 8.81. The highest BCUT2D eigenvalue weighted by atomic mass is 16.2. The molecule has 0 aromatic heterocycles. The molecule has 5 heteroatoms. The van der Waals surface area contributed by atoms with E-state index in [1.54, 1.807) is 11.0 Å². The van der Waals surface area contributed by atoms with E-state index in [2.05, 4.69) is 0 Å². The van der Waals surface area contributed by atoms with Crippen LogP contribution in [0.5, 0.6) is 0 Å². The predicted octanol–water partition coefficient (Wildman–Crippen LogP) is 3.38. The van der Waals surface area contributed by atoms with Crippen LogP contribution in [0.15, 0.2) is 60.7 Å². The lowest BCUT2D eigenvalue weighted by molar-refractivity contribution is -0.126. The Balaban J connectivity index is 1.65. The number of carbonyl (C=O) groups excluding carboxylic acids is 2. The number of carbonyl (C=O) groups is 2. The second-order valence-corrected chi connectivity index (χ2v) is 6.41. The molecule has 0 radical (unpaired) electrons. The molecule has 0 aliphatic carbocycles. The Kier molecular flexibility index (Phi) is 6.01. The zero-order chi connectivity index (χ0) is 19.1. The van der Waals surface area contributed by atoms with Crippen molar-refractivity contribution in [3.8, 4) is 6.07 Å². The zero-order valence-corrected chi connectivity index (χ0v) is 15.0. The molecular weight excluding hydrogens is 338 g/mol. The van der Waals surface area contributed by atoms with Gasteiger partial charge in [-0.15, -0.1) is 0 Å². The minimum Gasteiger partial charge on any atom is -0.322 e. The smallest absolute Gasteiger partial charge is 0.247 e. The van der Waals surface area contributed by atoms with Crippen molar-refractivity contribution in [3.63, 3.8) is 0 Å². The van der Waals surface area contributed by atoms with Gasteiger partial charge in [-0.3, -0.25) is 9.59 Å². The summed E-state index contributed by atoms with van der Waals surface area (Å²) in [5.74, 6) is -0.0549. The van der Waals surface area contributed by atoms with Crippen molar-refractivity contribution in [2.24, 2.45) is 0 Å². The van der Waals surface area contributed by atoms with Crippen molar-refractivity contribution >= 4 is 23.6 Å². The van der Waals surface area contributed by atoms with Gasteiger partial charge in [-0.1, -0.05) is 42.5 Å². The number of anilines is 1. The van der Waals surface area contributed by atoms with Gasteiger partial charge in [-0.2, -0.15) is 5.26 Å². The molecule has 3 rings (SSSR count). The van der Waals surface area contributed by atoms with Crippen LogP contribution in [0.3, 0.4) is 0 Å². The fourth-order valence-electron chi connectivity index (χ4n) is 3.06. The molecular formula is C22H21N3O2. The minimum atomic E-state index is -0.209. The first-order valence-corrected chi connectivity index (χ1v) is 8.95. The van der Waals surface area contributed by atoms with Crippen LogP contribution in [-0.2, 0) is 16.1 Å². The van der Waals surface area contributed by atoms with E-state index in [9.17, 15) is 9.59 Å². The summed E-state index contributed by atoms with van der Waals surface area (Å²) in [6.07, 6.45) is 4.71. The Hall–Kier alpha value is -3.39. The van der Waals surface area contributed by atoms with Crippen molar-refractivity contribution in [2.45, 2.75) is 19.4 Å².